The number of aromatic nitrogens is 3. The Morgan fingerprint density at radius 2 is 2.16 bits per heavy atom. The van der Waals surface area contributed by atoms with Crippen molar-refractivity contribution in [3.8, 4) is 0 Å². The third-order valence-corrected chi connectivity index (χ3v) is 3.09. The van der Waals surface area contributed by atoms with E-state index in [1.807, 2.05) is 13.2 Å². The maximum Gasteiger partial charge on any atom is 0.255 e. The molecule has 0 radical (unpaired) electrons. The summed E-state index contributed by atoms with van der Waals surface area (Å²) in [6, 6.07) is 1.46. The molecule has 0 aliphatic heterocycles. The zero-order valence-corrected chi connectivity index (χ0v) is 12.0. The maximum absolute atomic E-state index is 12.3. The van der Waals surface area contributed by atoms with Crippen LogP contribution in [0.5, 0.6) is 0 Å². The zero-order valence-electron chi connectivity index (χ0n) is 10.5. The number of hydrogen-bond donors (Lipinski definition) is 0. The number of rotatable bonds is 3. The fraction of sp³-hybridized carbons (Fsp3) is 0.250. The summed E-state index contributed by atoms with van der Waals surface area (Å²) in [5.41, 5.74) is 1.28. The maximum atomic E-state index is 12.3. The molecule has 0 unspecified atom stereocenters. The lowest BCUT2D eigenvalue weighted by Gasteiger charge is -2.17. The van der Waals surface area contributed by atoms with Gasteiger partial charge in [0.15, 0.2) is 0 Å². The van der Waals surface area contributed by atoms with Gasteiger partial charge in [0.2, 0.25) is 0 Å². The van der Waals surface area contributed by atoms with Crippen LogP contribution in [0.1, 0.15) is 15.9 Å². The first kappa shape index (κ1) is 13.8. The van der Waals surface area contributed by atoms with Crippen molar-refractivity contribution in [1.82, 2.24) is 19.7 Å². The minimum Gasteiger partial charge on any atom is -0.337 e. The Morgan fingerprint density at radius 3 is 2.79 bits per heavy atom. The molecule has 0 saturated carbocycles. The lowest BCUT2D eigenvalue weighted by Crippen LogP contribution is -2.26. The second-order valence-corrected chi connectivity index (χ2v) is 4.96. The SMILES string of the molecule is CN(Cc1cnn(C)c1)C(=O)c1cc(Cl)ncc1Cl. The highest BCUT2D eigenvalue weighted by Crippen LogP contribution is 2.20. The molecule has 0 fully saturated rings. The van der Waals surface area contributed by atoms with Gasteiger partial charge in [0, 0.05) is 38.6 Å². The minimum atomic E-state index is -0.210. The van der Waals surface area contributed by atoms with Gasteiger partial charge in [-0.3, -0.25) is 9.48 Å². The van der Waals surface area contributed by atoms with Crippen molar-refractivity contribution in [2.45, 2.75) is 6.54 Å². The van der Waals surface area contributed by atoms with Gasteiger partial charge in [-0.1, -0.05) is 23.2 Å². The van der Waals surface area contributed by atoms with Crippen LogP contribution in [0.2, 0.25) is 10.2 Å². The van der Waals surface area contributed by atoms with Crippen LogP contribution in [0.4, 0.5) is 0 Å². The van der Waals surface area contributed by atoms with E-state index in [2.05, 4.69) is 10.1 Å². The second kappa shape index (κ2) is 5.59. The van der Waals surface area contributed by atoms with Crippen LogP contribution in [0.3, 0.4) is 0 Å². The molecule has 7 heteroatoms. The van der Waals surface area contributed by atoms with Crippen LogP contribution in [0.25, 0.3) is 0 Å². The third kappa shape index (κ3) is 3.24. The molecule has 2 aromatic heterocycles. The van der Waals surface area contributed by atoms with Crippen molar-refractivity contribution in [3.63, 3.8) is 0 Å². The average Bonchev–Trinajstić information content (AvgIpc) is 2.77. The monoisotopic (exact) mass is 298 g/mol. The summed E-state index contributed by atoms with van der Waals surface area (Å²) in [6.45, 7) is 0.447. The number of nitrogens with zero attached hydrogens (tertiary/aromatic N) is 4. The molecule has 0 aliphatic rings. The molecule has 2 heterocycles. The molecule has 0 N–H and O–H groups in total. The topological polar surface area (TPSA) is 51.0 Å². The van der Waals surface area contributed by atoms with E-state index in [-0.39, 0.29) is 16.1 Å². The number of halogens is 2. The minimum absolute atomic E-state index is 0.210. The summed E-state index contributed by atoms with van der Waals surface area (Å²) in [5.74, 6) is -0.210. The zero-order chi connectivity index (χ0) is 14.0. The Kier molecular flexibility index (Phi) is 4.07. The van der Waals surface area contributed by atoms with E-state index in [9.17, 15) is 4.79 Å². The van der Waals surface area contributed by atoms with Gasteiger partial charge >= 0.3 is 0 Å². The number of carbonyl (C=O) groups is 1. The Hall–Kier alpha value is -1.59. The van der Waals surface area contributed by atoms with Crippen LogP contribution in [0, 0.1) is 0 Å². The normalized spacial score (nSPS) is 10.5. The van der Waals surface area contributed by atoms with E-state index in [1.54, 1.807) is 22.8 Å². The van der Waals surface area contributed by atoms with E-state index in [1.165, 1.54) is 12.3 Å². The lowest BCUT2D eigenvalue weighted by atomic mass is 10.2. The van der Waals surface area contributed by atoms with Gasteiger partial charge in [0.25, 0.3) is 5.91 Å². The Labute approximate surface area is 120 Å². The summed E-state index contributed by atoms with van der Waals surface area (Å²) < 4.78 is 1.68. The molecule has 0 atom stereocenters. The lowest BCUT2D eigenvalue weighted by molar-refractivity contribution is 0.0785. The van der Waals surface area contributed by atoms with E-state index in [4.69, 9.17) is 23.2 Å². The summed E-state index contributed by atoms with van der Waals surface area (Å²) in [5, 5.41) is 4.58. The average molecular weight is 299 g/mol. The molecule has 0 bridgehead atoms. The first-order chi connectivity index (χ1) is 8.97. The summed E-state index contributed by atoms with van der Waals surface area (Å²) in [6.07, 6.45) is 4.94. The Bertz CT molecular complexity index is 612. The van der Waals surface area contributed by atoms with Crippen LogP contribution in [-0.4, -0.2) is 32.6 Å². The van der Waals surface area contributed by atoms with Crippen molar-refractivity contribution in [2.75, 3.05) is 7.05 Å². The molecule has 0 aromatic carbocycles. The predicted molar refractivity (Wildman–Crippen MR) is 73.3 cm³/mol. The number of amides is 1. The molecular formula is C12H12Cl2N4O. The van der Waals surface area contributed by atoms with Gasteiger partial charge in [0.05, 0.1) is 16.8 Å². The van der Waals surface area contributed by atoms with Crippen molar-refractivity contribution in [1.29, 1.82) is 0 Å². The molecule has 2 aromatic rings. The molecule has 2 rings (SSSR count). The van der Waals surface area contributed by atoms with Crippen LogP contribution in [0.15, 0.2) is 24.7 Å². The predicted octanol–water partition coefficient (Wildman–Crippen LogP) is 2.39. The summed E-state index contributed by atoms with van der Waals surface area (Å²) >= 11 is 11.7. The largest absolute Gasteiger partial charge is 0.337 e. The Morgan fingerprint density at radius 1 is 1.42 bits per heavy atom. The highest BCUT2D eigenvalue weighted by Gasteiger charge is 2.16. The molecule has 0 saturated heterocycles. The van der Waals surface area contributed by atoms with Gasteiger partial charge in [-0.2, -0.15) is 5.10 Å². The molecule has 5 nitrogen and oxygen atoms in total. The van der Waals surface area contributed by atoms with E-state index in [0.29, 0.717) is 12.1 Å². The number of hydrogen-bond acceptors (Lipinski definition) is 3. The van der Waals surface area contributed by atoms with Crippen molar-refractivity contribution >= 4 is 29.1 Å². The summed E-state index contributed by atoms with van der Waals surface area (Å²) in [4.78, 5) is 17.6. The van der Waals surface area contributed by atoms with Crippen LogP contribution < -0.4 is 0 Å². The van der Waals surface area contributed by atoms with Gasteiger partial charge in [0.1, 0.15) is 5.15 Å². The first-order valence-electron chi connectivity index (χ1n) is 5.51. The standard InChI is InChI=1S/C12H12Cl2N4O/c1-17(6-8-4-16-18(2)7-8)12(19)9-3-11(14)15-5-10(9)13/h3-5,7H,6H2,1-2H3. The molecule has 0 spiro atoms. The van der Waals surface area contributed by atoms with Crippen LogP contribution >= 0.6 is 23.2 Å². The fourth-order valence-electron chi connectivity index (χ4n) is 1.68. The number of carbonyl (C=O) groups excluding carboxylic acids is 1. The van der Waals surface area contributed by atoms with E-state index in [0.717, 1.165) is 5.56 Å². The number of pyridine rings is 1. The van der Waals surface area contributed by atoms with Gasteiger partial charge < -0.3 is 4.90 Å². The quantitative estimate of drug-likeness (QED) is 0.818. The molecular weight excluding hydrogens is 287 g/mol. The van der Waals surface area contributed by atoms with Crippen molar-refractivity contribution in [2.24, 2.45) is 7.05 Å². The fourth-order valence-corrected chi connectivity index (χ4v) is 2.02. The third-order valence-electron chi connectivity index (χ3n) is 2.58. The smallest absolute Gasteiger partial charge is 0.255 e. The molecule has 19 heavy (non-hydrogen) atoms. The highest BCUT2D eigenvalue weighted by atomic mass is 35.5. The Balaban J connectivity index is 2.16. The van der Waals surface area contributed by atoms with Crippen molar-refractivity contribution < 1.29 is 4.79 Å². The van der Waals surface area contributed by atoms with Gasteiger partial charge in [-0.25, -0.2) is 4.98 Å². The second-order valence-electron chi connectivity index (χ2n) is 4.17. The highest BCUT2D eigenvalue weighted by molar-refractivity contribution is 6.35. The number of aryl methyl sites for hydroxylation is 1. The first-order valence-corrected chi connectivity index (χ1v) is 6.27. The van der Waals surface area contributed by atoms with Crippen molar-refractivity contribution in [3.05, 3.63) is 46.0 Å². The molecule has 100 valence electrons. The van der Waals surface area contributed by atoms with Gasteiger partial charge in [-0.15, -0.1) is 0 Å². The summed E-state index contributed by atoms with van der Waals surface area (Å²) in [7, 11) is 3.52. The molecule has 0 aliphatic carbocycles. The van der Waals surface area contributed by atoms with E-state index >= 15 is 0 Å². The van der Waals surface area contributed by atoms with E-state index < -0.39 is 0 Å². The van der Waals surface area contributed by atoms with Gasteiger partial charge in [-0.05, 0) is 6.07 Å². The molecule has 1 amide bonds. The van der Waals surface area contributed by atoms with Crippen LogP contribution in [-0.2, 0) is 13.6 Å².